The number of likely N-dealkylation sites (N-methyl/N-ethyl adjacent to an activating group) is 1. The van der Waals surface area contributed by atoms with Gasteiger partial charge in [-0.3, -0.25) is 9.79 Å². The number of hydrogen-bond donors (Lipinski definition) is 0. The van der Waals surface area contributed by atoms with Gasteiger partial charge >= 0.3 is 0 Å². The molecule has 2 atom stereocenters. The number of benzene rings is 1. The number of likely N-dealkylation sites (tertiary alicyclic amines) is 1. The Morgan fingerprint density at radius 1 is 1.25 bits per heavy atom. The third kappa shape index (κ3) is 1.65. The fourth-order valence-corrected chi connectivity index (χ4v) is 3.26. The SMILES string of the molecule is Cc1ccc(CC23N=C(C(C)(C)C)C2C(=O)N3C)cc1. The van der Waals surface area contributed by atoms with Gasteiger partial charge in [-0.1, -0.05) is 50.6 Å². The molecule has 1 fully saturated rings. The summed E-state index contributed by atoms with van der Waals surface area (Å²) in [7, 11) is 1.87. The van der Waals surface area contributed by atoms with Crippen LogP contribution in [0.1, 0.15) is 31.9 Å². The van der Waals surface area contributed by atoms with E-state index in [-0.39, 0.29) is 22.9 Å². The zero-order valence-electron chi connectivity index (χ0n) is 12.9. The van der Waals surface area contributed by atoms with Gasteiger partial charge in [0.05, 0.1) is 0 Å². The van der Waals surface area contributed by atoms with Gasteiger partial charge in [-0.05, 0) is 12.5 Å². The molecule has 1 aromatic rings. The largest absolute Gasteiger partial charge is 0.319 e. The van der Waals surface area contributed by atoms with Gasteiger partial charge in [-0.2, -0.15) is 0 Å². The number of nitrogens with zero attached hydrogens (tertiary/aromatic N) is 2. The first-order chi connectivity index (χ1) is 9.25. The van der Waals surface area contributed by atoms with Crippen molar-refractivity contribution in [1.82, 2.24) is 4.90 Å². The molecule has 0 aromatic heterocycles. The van der Waals surface area contributed by atoms with Gasteiger partial charge in [-0.25, -0.2) is 0 Å². The van der Waals surface area contributed by atoms with E-state index in [1.807, 2.05) is 11.9 Å². The number of fused-ring (bicyclic) bond motifs is 1. The summed E-state index contributed by atoms with van der Waals surface area (Å²) >= 11 is 0. The van der Waals surface area contributed by atoms with Crippen molar-refractivity contribution in [3.63, 3.8) is 0 Å². The van der Waals surface area contributed by atoms with Gasteiger partial charge in [0.15, 0.2) is 5.66 Å². The van der Waals surface area contributed by atoms with Gasteiger partial charge in [0.25, 0.3) is 0 Å². The quantitative estimate of drug-likeness (QED) is 0.761. The molecular formula is C17H22N2O. The smallest absolute Gasteiger partial charge is 0.237 e. The standard InChI is InChI=1S/C17H22N2O/c1-11-6-8-12(9-7-11)10-17-13(15(20)19(17)5)14(18-17)16(2,3)4/h6-9,13H,10H2,1-5H3. The Kier molecular flexibility index (Phi) is 2.63. The van der Waals surface area contributed by atoms with Crippen molar-refractivity contribution in [2.75, 3.05) is 7.05 Å². The van der Waals surface area contributed by atoms with E-state index in [1.165, 1.54) is 11.1 Å². The first-order valence-electron chi connectivity index (χ1n) is 7.19. The third-order valence-corrected chi connectivity index (χ3v) is 4.56. The second-order valence-electron chi connectivity index (χ2n) is 7.12. The molecule has 0 bridgehead atoms. The molecule has 3 rings (SSSR count). The summed E-state index contributed by atoms with van der Waals surface area (Å²) in [4.78, 5) is 18.9. The fraction of sp³-hybridized carbons (Fsp3) is 0.529. The molecule has 1 aromatic carbocycles. The van der Waals surface area contributed by atoms with Crippen LogP contribution in [-0.2, 0) is 11.2 Å². The normalized spacial score (nSPS) is 28.4. The minimum atomic E-state index is -0.311. The Balaban J connectivity index is 1.90. The van der Waals surface area contributed by atoms with E-state index in [0.29, 0.717) is 0 Å². The highest BCUT2D eigenvalue weighted by molar-refractivity contribution is 6.16. The van der Waals surface area contributed by atoms with Crippen molar-refractivity contribution in [2.45, 2.75) is 39.8 Å². The van der Waals surface area contributed by atoms with Gasteiger partial charge in [-0.15, -0.1) is 0 Å². The van der Waals surface area contributed by atoms with E-state index < -0.39 is 0 Å². The lowest BCUT2D eigenvalue weighted by Crippen LogP contribution is -2.78. The molecule has 1 saturated heterocycles. The predicted octanol–water partition coefficient (Wildman–Crippen LogP) is 2.82. The van der Waals surface area contributed by atoms with E-state index in [4.69, 9.17) is 4.99 Å². The Hall–Kier alpha value is -1.64. The Morgan fingerprint density at radius 3 is 2.40 bits per heavy atom. The number of rotatable bonds is 2. The van der Waals surface area contributed by atoms with Crippen LogP contribution in [0.25, 0.3) is 0 Å². The van der Waals surface area contributed by atoms with Crippen molar-refractivity contribution in [2.24, 2.45) is 16.3 Å². The molecule has 0 saturated carbocycles. The molecule has 0 N–H and O–H groups in total. The van der Waals surface area contributed by atoms with Gasteiger partial charge < -0.3 is 4.90 Å². The average molecular weight is 270 g/mol. The van der Waals surface area contributed by atoms with E-state index in [2.05, 4.69) is 52.0 Å². The van der Waals surface area contributed by atoms with Crippen molar-refractivity contribution >= 4 is 11.6 Å². The molecule has 3 nitrogen and oxygen atoms in total. The lowest BCUT2D eigenvalue weighted by atomic mass is 9.63. The van der Waals surface area contributed by atoms with Gasteiger partial charge in [0.1, 0.15) is 5.92 Å². The molecule has 0 aliphatic carbocycles. The molecule has 106 valence electrons. The number of hydrogen-bond acceptors (Lipinski definition) is 2. The monoisotopic (exact) mass is 270 g/mol. The summed E-state index contributed by atoms with van der Waals surface area (Å²) in [6.07, 6.45) is 0.819. The highest BCUT2D eigenvalue weighted by Crippen LogP contribution is 2.52. The van der Waals surface area contributed by atoms with E-state index in [1.54, 1.807) is 0 Å². The van der Waals surface area contributed by atoms with Crippen molar-refractivity contribution in [3.8, 4) is 0 Å². The maximum Gasteiger partial charge on any atom is 0.237 e. The van der Waals surface area contributed by atoms with E-state index in [0.717, 1.165) is 12.1 Å². The van der Waals surface area contributed by atoms with Crippen LogP contribution in [0.15, 0.2) is 29.3 Å². The minimum absolute atomic E-state index is 0.00574. The summed E-state index contributed by atoms with van der Waals surface area (Å²) in [6.45, 7) is 8.48. The molecule has 3 heteroatoms. The van der Waals surface area contributed by atoms with Crippen molar-refractivity contribution in [3.05, 3.63) is 35.4 Å². The molecule has 2 heterocycles. The number of carbonyl (C=O) groups excluding carboxylic acids is 1. The molecule has 0 radical (unpaired) electrons. The molecule has 0 spiro atoms. The number of aryl methyl sites for hydroxylation is 1. The predicted molar refractivity (Wildman–Crippen MR) is 80.8 cm³/mol. The van der Waals surface area contributed by atoms with Crippen LogP contribution >= 0.6 is 0 Å². The lowest BCUT2D eigenvalue weighted by Gasteiger charge is -2.62. The van der Waals surface area contributed by atoms with Gasteiger partial charge in [0, 0.05) is 24.6 Å². The molecule has 2 unspecified atom stereocenters. The summed E-state index contributed by atoms with van der Waals surface area (Å²) in [6, 6.07) is 8.52. The maximum absolute atomic E-state index is 12.2. The summed E-state index contributed by atoms with van der Waals surface area (Å²) in [5.74, 6) is 0.214. The van der Waals surface area contributed by atoms with Crippen LogP contribution in [0.4, 0.5) is 0 Å². The summed E-state index contributed by atoms with van der Waals surface area (Å²) in [5.41, 5.74) is 3.24. The van der Waals surface area contributed by atoms with Crippen molar-refractivity contribution < 1.29 is 4.79 Å². The zero-order chi connectivity index (χ0) is 14.7. The van der Waals surface area contributed by atoms with Crippen LogP contribution in [-0.4, -0.2) is 29.2 Å². The Morgan fingerprint density at radius 2 is 1.85 bits per heavy atom. The van der Waals surface area contributed by atoms with E-state index in [9.17, 15) is 4.79 Å². The van der Waals surface area contributed by atoms with Crippen LogP contribution in [0.3, 0.4) is 0 Å². The molecule has 1 amide bonds. The first kappa shape index (κ1) is 13.3. The number of aliphatic imine (C=N–C) groups is 1. The Bertz CT molecular complexity index is 594. The van der Waals surface area contributed by atoms with Crippen LogP contribution in [0, 0.1) is 18.3 Å². The van der Waals surface area contributed by atoms with Crippen molar-refractivity contribution in [1.29, 1.82) is 0 Å². The average Bonchev–Trinajstić information content (AvgIpc) is 2.34. The fourth-order valence-electron chi connectivity index (χ4n) is 3.26. The first-order valence-corrected chi connectivity index (χ1v) is 7.19. The maximum atomic E-state index is 12.2. The minimum Gasteiger partial charge on any atom is -0.319 e. The zero-order valence-corrected chi connectivity index (χ0v) is 12.9. The van der Waals surface area contributed by atoms with Crippen LogP contribution in [0.2, 0.25) is 0 Å². The molecule has 2 aliphatic rings. The number of amides is 1. The lowest BCUT2D eigenvalue weighted by molar-refractivity contribution is -0.164. The highest BCUT2D eigenvalue weighted by Gasteiger charge is 2.67. The molecular weight excluding hydrogens is 248 g/mol. The molecule has 2 aliphatic heterocycles. The third-order valence-electron chi connectivity index (χ3n) is 4.56. The number of carbonyl (C=O) groups is 1. The summed E-state index contributed by atoms with van der Waals surface area (Å²) < 4.78 is 0. The van der Waals surface area contributed by atoms with E-state index >= 15 is 0 Å². The number of β-lactam (4-membered cyclic amide) rings is 1. The second kappa shape index (κ2) is 3.94. The van der Waals surface area contributed by atoms with Gasteiger partial charge in [0.2, 0.25) is 5.91 Å². The molecule has 20 heavy (non-hydrogen) atoms. The summed E-state index contributed by atoms with van der Waals surface area (Å²) in [5, 5.41) is 0. The topological polar surface area (TPSA) is 32.7 Å². The van der Waals surface area contributed by atoms with Crippen LogP contribution in [0.5, 0.6) is 0 Å². The highest BCUT2D eigenvalue weighted by atomic mass is 16.2. The second-order valence-corrected chi connectivity index (χ2v) is 7.12. The van der Waals surface area contributed by atoms with Crippen LogP contribution < -0.4 is 0 Å². The Labute approximate surface area is 120 Å².